The first-order chi connectivity index (χ1) is 8.47. The molecule has 0 bridgehead atoms. The Balaban J connectivity index is 3.26. The monoisotopic (exact) mass is 265 g/mol. The van der Waals surface area contributed by atoms with Gasteiger partial charge in [-0.05, 0) is 47.5 Å². The minimum Gasteiger partial charge on any atom is -0.478 e. The molecule has 0 aliphatic rings. The van der Waals surface area contributed by atoms with Gasteiger partial charge in [-0.15, -0.1) is 0 Å². The molecule has 1 N–H and O–H groups in total. The van der Waals surface area contributed by atoms with E-state index in [-0.39, 0.29) is 0 Å². The first-order valence-electron chi connectivity index (χ1n) is 6.00. The van der Waals surface area contributed by atoms with E-state index in [1.54, 1.807) is 12.3 Å². The van der Waals surface area contributed by atoms with E-state index in [0.29, 0.717) is 11.5 Å². The average Bonchev–Trinajstić information content (AvgIpc) is 2.30. The summed E-state index contributed by atoms with van der Waals surface area (Å²) in [5.74, 6) is 0.366. The van der Waals surface area contributed by atoms with Crippen molar-refractivity contribution >= 4 is 24.1 Å². The molecule has 0 heterocycles. The van der Waals surface area contributed by atoms with Crippen LogP contribution in [0.5, 0.6) is 0 Å². The summed E-state index contributed by atoms with van der Waals surface area (Å²) in [5.41, 5.74) is 3.18. The highest BCUT2D eigenvalue weighted by Crippen LogP contribution is 2.23. The number of aryl methyl sites for hydroxylation is 1. The Hall–Kier alpha value is -1.29. The fourth-order valence-corrected chi connectivity index (χ4v) is 2.09. The maximum Gasteiger partial charge on any atom is 0.335 e. The van der Waals surface area contributed by atoms with Crippen molar-refractivity contribution in [2.75, 3.05) is 5.75 Å². The van der Waals surface area contributed by atoms with E-state index in [9.17, 15) is 4.79 Å². The smallest absolute Gasteiger partial charge is 0.335 e. The Bertz CT molecular complexity index is 467. The van der Waals surface area contributed by atoms with Crippen molar-refractivity contribution in [3.8, 4) is 0 Å². The average molecular weight is 265 g/mol. The molecule has 1 rings (SSSR count). The van der Waals surface area contributed by atoms with Gasteiger partial charge in [-0.1, -0.05) is 26.8 Å². The van der Waals surface area contributed by atoms with E-state index < -0.39 is 5.97 Å². The van der Waals surface area contributed by atoms with Crippen molar-refractivity contribution in [3.63, 3.8) is 0 Å². The molecule has 0 aliphatic heterocycles. The normalized spacial score (nSPS) is 11.4. The predicted molar refractivity (Wildman–Crippen MR) is 78.0 cm³/mol. The molecule has 1 aromatic rings. The Morgan fingerprint density at radius 2 is 2.17 bits per heavy atom. The zero-order chi connectivity index (χ0) is 13.7. The highest BCUT2D eigenvalue weighted by molar-refractivity contribution is 7.98. The van der Waals surface area contributed by atoms with Crippen LogP contribution in [0, 0.1) is 6.92 Å². The number of nitrogens with zero attached hydrogens (tertiary/aromatic N) is 1. The highest BCUT2D eigenvalue weighted by atomic mass is 32.2. The zero-order valence-electron chi connectivity index (χ0n) is 11.2. The molecule has 0 atom stereocenters. The summed E-state index contributed by atoms with van der Waals surface area (Å²) >= 11 is 1.46. The SMILES string of the molecule is CCSN=Cc1cc(C(=O)O)c(C)cc1C(C)C. The zero-order valence-corrected chi connectivity index (χ0v) is 12.0. The lowest BCUT2D eigenvalue weighted by Gasteiger charge is -2.12. The van der Waals surface area contributed by atoms with E-state index in [1.807, 2.05) is 19.9 Å². The number of carboxylic acids is 1. The molecule has 0 amide bonds. The molecule has 0 fully saturated rings. The second-order valence-electron chi connectivity index (χ2n) is 4.41. The summed E-state index contributed by atoms with van der Waals surface area (Å²) < 4.78 is 4.23. The highest BCUT2D eigenvalue weighted by Gasteiger charge is 2.13. The minimum absolute atomic E-state index is 0.347. The maximum absolute atomic E-state index is 11.1. The molecule has 0 spiro atoms. The lowest BCUT2D eigenvalue weighted by Crippen LogP contribution is -2.05. The summed E-state index contributed by atoms with van der Waals surface area (Å²) in [4.78, 5) is 11.1. The van der Waals surface area contributed by atoms with Crippen molar-refractivity contribution in [2.45, 2.75) is 33.6 Å². The topological polar surface area (TPSA) is 49.7 Å². The van der Waals surface area contributed by atoms with Crippen LogP contribution in [-0.4, -0.2) is 23.0 Å². The van der Waals surface area contributed by atoms with Gasteiger partial charge in [0, 0.05) is 12.0 Å². The quantitative estimate of drug-likeness (QED) is 0.648. The Morgan fingerprint density at radius 3 is 2.67 bits per heavy atom. The van der Waals surface area contributed by atoms with Gasteiger partial charge in [0.1, 0.15) is 0 Å². The fourth-order valence-electron chi connectivity index (χ4n) is 1.76. The number of benzene rings is 1. The van der Waals surface area contributed by atoms with Crippen LogP contribution in [0.2, 0.25) is 0 Å². The van der Waals surface area contributed by atoms with Gasteiger partial charge < -0.3 is 5.11 Å². The van der Waals surface area contributed by atoms with Gasteiger partial charge in [-0.3, -0.25) is 0 Å². The Labute approximate surface area is 112 Å². The van der Waals surface area contributed by atoms with E-state index in [0.717, 1.165) is 22.4 Å². The summed E-state index contributed by atoms with van der Waals surface area (Å²) in [7, 11) is 0. The van der Waals surface area contributed by atoms with Gasteiger partial charge in [0.05, 0.1) is 5.56 Å². The molecule has 98 valence electrons. The Kier molecular flexibility index (Phi) is 5.41. The summed E-state index contributed by atoms with van der Waals surface area (Å²) in [6.07, 6.45) is 1.76. The molecule has 1 aromatic carbocycles. The molecular weight excluding hydrogens is 246 g/mol. The van der Waals surface area contributed by atoms with Crippen LogP contribution in [-0.2, 0) is 0 Å². The van der Waals surface area contributed by atoms with E-state index >= 15 is 0 Å². The third-order valence-corrected chi connectivity index (χ3v) is 3.19. The summed E-state index contributed by atoms with van der Waals surface area (Å²) in [6, 6.07) is 3.67. The molecule has 0 saturated carbocycles. The third kappa shape index (κ3) is 3.60. The van der Waals surface area contributed by atoms with Crippen LogP contribution in [0.1, 0.15) is 53.7 Å². The van der Waals surface area contributed by atoms with Crippen molar-refractivity contribution in [1.29, 1.82) is 0 Å². The van der Waals surface area contributed by atoms with Gasteiger partial charge in [-0.2, -0.15) is 0 Å². The number of hydrogen-bond acceptors (Lipinski definition) is 3. The van der Waals surface area contributed by atoms with Crippen molar-refractivity contribution in [3.05, 3.63) is 34.4 Å². The lowest BCUT2D eigenvalue weighted by atomic mass is 9.93. The maximum atomic E-state index is 11.1. The molecule has 0 aromatic heterocycles. The molecule has 4 heteroatoms. The van der Waals surface area contributed by atoms with Gasteiger partial charge in [0.15, 0.2) is 0 Å². The standard InChI is InChI=1S/C14H19NO2S/c1-5-18-15-8-11-7-13(14(16)17)10(4)6-12(11)9(2)3/h6-9H,5H2,1-4H3,(H,16,17). The van der Waals surface area contributed by atoms with Gasteiger partial charge >= 0.3 is 5.97 Å². The van der Waals surface area contributed by atoms with Crippen molar-refractivity contribution in [2.24, 2.45) is 4.40 Å². The second-order valence-corrected chi connectivity index (χ2v) is 5.45. The van der Waals surface area contributed by atoms with Gasteiger partial charge in [-0.25, -0.2) is 9.19 Å². The van der Waals surface area contributed by atoms with Crippen LogP contribution >= 0.6 is 11.9 Å². The van der Waals surface area contributed by atoms with Gasteiger partial charge in [0.2, 0.25) is 0 Å². The predicted octanol–water partition coefficient (Wildman–Crippen LogP) is 3.90. The Morgan fingerprint density at radius 1 is 1.50 bits per heavy atom. The van der Waals surface area contributed by atoms with Crippen LogP contribution < -0.4 is 0 Å². The number of carbonyl (C=O) groups is 1. The first-order valence-corrected chi connectivity index (χ1v) is 6.94. The molecule has 0 aliphatic carbocycles. The number of rotatable bonds is 5. The lowest BCUT2D eigenvalue weighted by molar-refractivity contribution is 0.0696. The summed E-state index contributed by atoms with van der Waals surface area (Å²) in [5, 5.41) is 9.14. The van der Waals surface area contributed by atoms with Crippen LogP contribution in [0.25, 0.3) is 0 Å². The van der Waals surface area contributed by atoms with E-state index in [4.69, 9.17) is 5.11 Å². The van der Waals surface area contributed by atoms with E-state index in [1.165, 1.54) is 11.9 Å². The van der Waals surface area contributed by atoms with Crippen LogP contribution in [0.15, 0.2) is 16.5 Å². The van der Waals surface area contributed by atoms with Crippen LogP contribution in [0.4, 0.5) is 0 Å². The van der Waals surface area contributed by atoms with Crippen LogP contribution in [0.3, 0.4) is 0 Å². The number of carboxylic acid groups (broad SMARTS) is 1. The second kappa shape index (κ2) is 6.59. The third-order valence-electron chi connectivity index (χ3n) is 2.68. The van der Waals surface area contributed by atoms with Gasteiger partial charge in [0.25, 0.3) is 0 Å². The largest absolute Gasteiger partial charge is 0.478 e. The first kappa shape index (κ1) is 14.8. The number of hydrogen-bond donors (Lipinski definition) is 1. The van der Waals surface area contributed by atoms with Crippen molar-refractivity contribution < 1.29 is 9.90 Å². The molecular formula is C14H19NO2S. The number of aromatic carboxylic acids is 1. The van der Waals surface area contributed by atoms with Crippen molar-refractivity contribution in [1.82, 2.24) is 0 Å². The molecule has 0 radical (unpaired) electrons. The minimum atomic E-state index is -0.888. The molecule has 18 heavy (non-hydrogen) atoms. The molecule has 0 saturated heterocycles. The molecule has 3 nitrogen and oxygen atoms in total. The van der Waals surface area contributed by atoms with E-state index in [2.05, 4.69) is 18.2 Å². The fraction of sp³-hybridized carbons (Fsp3) is 0.429. The molecule has 0 unspecified atom stereocenters. The summed E-state index contributed by atoms with van der Waals surface area (Å²) in [6.45, 7) is 8.05.